The summed E-state index contributed by atoms with van der Waals surface area (Å²) < 4.78 is 10.2. The van der Waals surface area contributed by atoms with Gasteiger partial charge in [-0.05, 0) is 44.2 Å². The average Bonchev–Trinajstić information content (AvgIpc) is 2.72. The van der Waals surface area contributed by atoms with Gasteiger partial charge < -0.3 is 20.1 Å². The van der Waals surface area contributed by atoms with Crippen molar-refractivity contribution in [1.82, 2.24) is 10.2 Å². The van der Waals surface area contributed by atoms with Crippen molar-refractivity contribution < 1.29 is 19.1 Å². The van der Waals surface area contributed by atoms with Crippen LogP contribution in [0.3, 0.4) is 0 Å². The van der Waals surface area contributed by atoms with Crippen LogP contribution in [0.5, 0.6) is 0 Å². The first-order valence-electron chi connectivity index (χ1n) is 9.36. The Labute approximate surface area is 165 Å². The number of ether oxygens (including phenoxy) is 2. The molecule has 1 aromatic rings. The number of amides is 1. The molecule has 0 aliphatic carbocycles. The van der Waals surface area contributed by atoms with E-state index in [0.29, 0.717) is 24.4 Å². The van der Waals surface area contributed by atoms with E-state index >= 15 is 0 Å². The second-order valence-electron chi connectivity index (χ2n) is 6.18. The van der Waals surface area contributed by atoms with Crippen molar-refractivity contribution in [2.75, 3.05) is 51.3 Å². The first-order valence-corrected chi connectivity index (χ1v) is 9.36. The summed E-state index contributed by atoms with van der Waals surface area (Å²) in [6.45, 7) is 7.08. The van der Waals surface area contributed by atoms with Crippen LogP contribution in [0.4, 0.5) is 5.69 Å². The molecule has 150 valence electrons. The van der Waals surface area contributed by atoms with Crippen LogP contribution < -0.4 is 10.6 Å². The molecule has 1 amide bonds. The van der Waals surface area contributed by atoms with Gasteiger partial charge in [0.05, 0.1) is 25.4 Å². The Morgan fingerprint density at radius 2 is 2.00 bits per heavy atom. The molecule has 1 heterocycles. The highest BCUT2D eigenvalue weighted by atomic mass is 16.5. The second kappa shape index (κ2) is 11.7. The van der Waals surface area contributed by atoms with Crippen molar-refractivity contribution >= 4 is 17.6 Å². The van der Waals surface area contributed by atoms with Gasteiger partial charge in [-0.2, -0.15) is 5.26 Å². The molecule has 1 fully saturated rings. The molecule has 8 nitrogen and oxygen atoms in total. The molecule has 0 aromatic heterocycles. The van der Waals surface area contributed by atoms with E-state index in [1.807, 2.05) is 6.07 Å². The monoisotopic (exact) mass is 386 g/mol. The van der Waals surface area contributed by atoms with Crippen molar-refractivity contribution in [2.24, 2.45) is 0 Å². The van der Waals surface area contributed by atoms with E-state index in [9.17, 15) is 14.9 Å². The second-order valence-corrected chi connectivity index (χ2v) is 6.18. The maximum Gasteiger partial charge on any atom is 0.338 e. The van der Waals surface area contributed by atoms with Crippen LogP contribution in [-0.4, -0.2) is 62.8 Å². The quantitative estimate of drug-likeness (QED) is 0.287. The van der Waals surface area contributed by atoms with Crippen molar-refractivity contribution in [3.05, 3.63) is 41.6 Å². The van der Waals surface area contributed by atoms with Gasteiger partial charge in [-0.15, -0.1) is 0 Å². The number of nitrogens with zero attached hydrogens (tertiary/aromatic N) is 2. The van der Waals surface area contributed by atoms with E-state index in [4.69, 9.17) is 9.47 Å². The van der Waals surface area contributed by atoms with Gasteiger partial charge in [-0.3, -0.25) is 9.69 Å². The third kappa shape index (κ3) is 7.02. The van der Waals surface area contributed by atoms with Gasteiger partial charge in [0.15, 0.2) is 0 Å². The number of benzene rings is 1. The van der Waals surface area contributed by atoms with Crippen molar-refractivity contribution in [2.45, 2.75) is 13.3 Å². The highest BCUT2D eigenvalue weighted by Gasteiger charge is 2.11. The lowest BCUT2D eigenvalue weighted by molar-refractivity contribution is -0.112. The van der Waals surface area contributed by atoms with Gasteiger partial charge in [0.25, 0.3) is 5.91 Å². The van der Waals surface area contributed by atoms with E-state index in [1.165, 1.54) is 6.20 Å². The minimum atomic E-state index is -0.507. The third-order valence-corrected chi connectivity index (χ3v) is 4.16. The number of nitrogens with one attached hydrogen (secondary N) is 2. The fourth-order valence-electron chi connectivity index (χ4n) is 2.65. The molecule has 0 radical (unpaired) electrons. The lowest BCUT2D eigenvalue weighted by atomic mass is 10.2. The summed E-state index contributed by atoms with van der Waals surface area (Å²) in [5.74, 6) is -0.925. The van der Waals surface area contributed by atoms with Gasteiger partial charge in [0, 0.05) is 31.5 Å². The van der Waals surface area contributed by atoms with E-state index in [0.717, 1.165) is 39.3 Å². The van der Waals surface area contributed by atoms with Crippen LogP contribution in [0.25, 0.3) is 0 Å². The minimum absolute atomic E-state index is 0.0131. The molecule has 1 saturated heterocycles. The minimum Gasteiger partial charge on any atom is -0.462 e. The normalized spacial score (nSPS) is 14.8. The zero-order valence-corrected chi connectivity index (χ0v) is 16.1. The van der Waals surface area contributed by atoms with Gasteiger partial charge >= 0.3 is 5.97 Å². The summed E-state index contributed by atoms with van der Waals surface area (Å²) in [5.41, 5.74) is 0.880. The molecular formula is C20H26N4O4. The molecule has 0 bridgehead atoms. The summed E-state index contributed by atoms with van der Waals surface area (Å²) in [6, 6.07) is 8.20. The summed E-state index contributed by atoms with van der Waals surface area (Å²) in [7, 11) is 0. The maximum atomic E-state index is 12.2. The number of esters is 1. The molecule has 0 unspecified atom stereocenters. The van der Waals surface area contributed by atoms with Crippen molar-refractivity contribution in [3.63, 3.8) is 0 Å². The van der Waals surface area contributed by atoms with Crippen molar-refractivity contribution in [1.29, 1.82) is 5.26 Å². The Bertz CT molecular complexity index is 719. The van der Waals surface area contributed by atoms with Crippen LogP contribution >= 0.6 is 0 Å². The topological polar surface area (TPSA) is 104 Å². The Kier molecular flexibility index (Phi) is 8.98. The van der Waals surface area contributed by atoms with E-state index in [2.05, 4.69) is 15.5 Å². The fraction of sp³-hybridized carbons (Fsp3) is 0.450. The smallest absolute Gasteiger partial charge is 0.338 e. The molecular weight excluding hydrogens is 360 g/mol. The first kappa shape index (κ1) is 21.4. The van der Waals surface area contributed by atoms with Crippen LogP contribution in [0.2, 0.25) is 0 Å². The SMILES string of the molecule is CCOC(=O)c1ccc(NC(=O)/C(C#N)=C\NCCCN2CCOCC2)cc1. The standard InChI is InChI=1S/C20H26N4O4/c1-2-28-20(26)16-4-6-18(7-5-16)23-19(25)17(14-21)15-22-8-3-9-24-10-12-27-13-11-24/h4-7,15,22H,2-3,8-13H2,1H3,(H,23,25)/b17-15-. The number of nitriles is 1. The summed E-state index contributed by atoms with van der Waals surface area (Å²) >= 11 is 0. The Hall–Kier alpha value is -2.89. The zero-order chi connectivity index (χ0) is 20.2. The molecule has 2 rings (SSSR count). The Balaban J connectivity index is 1.77. The summed E-state index contributed by atoms with van der Waals surface area (Å²) in [5, 5.41) is 14.9. The third-order valence-electron chi connectivity index (χ3n) is 4.16. The molecule has 1 aliphatic heterocycles. The van der Waals surface area contributed by atoms with E-state index in [1.54, 1.807) is 31.2 Å². The fourth-order valence-corrected chi connectivity index (χ4v) is 2.65. The molecule has 0 atom stereocenters. The van der Waals surface area contributed by atoms with Crippen molar-refractivity contribution in [3.8, 4) is 6.07 Å². The number of hydrogen-bond acceptors (Lipinski definition) is 7. The maximum absolute atomic E-state index is 12.2. The van der Waals surface area contributed by atoms with Crippen LogP contribution in [0.1, 0.15) is 23.7 Å². The number of rotatable bonds is 9. The van der Waals surface area contributed by atoms with Crippen LogP contribution in [0.15, 0.2) is 36.0 Å². The Morgan fingerprint density at radius 3 is 2.64 bits per heavy atom. The largest absolute Gasteiger partial charge is 0.462 e. The molecule has 8 heteroatoms. The number of anilines is 1. The van der Waals surface area contributed by atoms with Gasteiger partial charge in [-0.1, -0.05) is 0 Å². The molecule has 0 saturated carbocycles. The van der Waals surface area contributed by atoms with Gasteiger partial charge in [0.1, 0.15) is 11.6 Å². The van der Waals surface area contributed by atoms with Crippen LogP contribution in [-0.2, 0) is 14.3 Å². The summed E-state index contributed by atoms with van der Waals surface area (Å²) in [4.78, 5) is 26.2. The predicted octanol–water partition coefficient (Wildman–Crippen LogP) is 1.52. The summed E-state index contributed by atoms with van der Waals surface area (Å²) in [6.07, 6.45) is 2.34. The first-order chi connectivity index (χ1) is 13.6. The van der Waals surface area contributed by atoms with Gasteiger partial charge in [-0.25, -0.2) is 4.79 Å². The predicted molar refractivity (Wildman–Crippen MR) is 105 cm³/mol. The zero-order valence-electron chi connectivity index (χ0n) is 16.1. The van der Waals surface area contributed by atoms with Crippen LogP contribution in [0, 0.1) is 11.3 Å². The molecule has 1 aromatic carbocycles. The average molecular weight is 386 g/mol. The highest BCUT2D eigenvalue weighted by molar-refractivity contribution is 6.06. The molecule has 0 spiro atoms. The lowest BCUT2D eigenvalue weighted by Crippen LogP contribution is -2.37. The number of hydrogen-bond donors (Lipinski definition) is 2. The number of carbonyl (C=O) groups excluding carboxylic acids is 2. The highest BCUT2D eigenvalue weighted by Crippen LogP contribution is 2.11. The lowest BCUT2D eigenvalue weighted by Gasteiger charge is -2.26. The number of morpholine rings is 1. The van der Waals surface area contributed by atoms with E-state index < -0.39 is 11.9 Å². The molecule has 1 aliphatic rings. The van der Waals surface area contributed by atoms with Gasteiger partial charge in [0.2, 0.25) is 0 Å². The molecule has 2 N–H and O–H groups in total. The molecule has 28 heavy (non-hydrogen) atoms. The Morgan fingerprint density at radius 1 is 1.29 bits per heavy atom. The van der Waals surface area contributed by atoms with E-state index in [-0.39, 0.29) is 5.57 Å². The number of carbonyl (C=O) groups is 2.